The van der Waals surface area contributed by atoms with E-state index in [1.807, 2.05) is 0 Å². The molecule has 0 radical (unpaired) electrons. The maximum absolute atomic E-state index is 2.33. The van der Waals surface area contributed by atoms with Crippen LogP contribution in [0.5, 0.6) is 0 Å². The summed E-state index contributed by atoms with van der Waals surface area (Å²) in [5, 5.41) is 0. The van der Waals surface area contributed by atoms with Crippen LogP contribution >= 0.6 is 0 Å². The first-order chi connectivity index (χ1) is 7.37. The fourth-order valence-electron chi connectivity index (χ4n) is 2.73. The predicted molar refractivity (Wildman–Crippen MR) is 64.3 cm³/mol. The summed E-state index contributed by atoms with van der Waals surface area (Å²) in [4.78, 5) is 0. The van der Waals surface area contributed by atoms with Crippen LogP contribution in [-0.4, -0.2) is 0 Å². The van der Waals surface area contributed by atoms with Crippen molar-refractivity contribution in [2.75, 3.05) is 0 Å². The highest BCUT2D eigenvalue weighted by Gasteiger charge is 2.44. The van der Waals surface area contributed by atoms with Crippen LogP contribution in [-0.2, 0) is 0 Å². The molecule has 0 saturated heterocycles. The van der Waals surface area contributed by atoms with Crippen molar-refractivity contribution in [2.45, 2.75) is 6.42 Å². The molecule has 0 heteroatoms. The first-order valence-corrected chi connectivity index (χ1v) is 5.46. The summed E-state index contributed by atoms with van der Waals surface area (Å²) in [6.07, 6.45) is 27.8. The quantitative estimate of drug-likeness (QED) is 0.551. The van der Waals surface area contributed by atoms with Crippen LogP contribution in [0.4, 0.5) is 0 Å². The van der Waals surface area contributed by atoms with E-state index in [1.165, 1.54) is 0 Å². The molecule has 0 aromatic rings. The summed E-state index contributed by atoms with van der Waals surface area (Å²) in [5.41, 5.74) is 0.181. The Balaban J connectivity index is 2.23. The molecule has 0 aromatic heterocycles. The van der Waals surface area contributed by atoms with Crippen LogP contribution in [0.25, 0.3) is 0 Å². The SMILES string of the molecule is C1=CCC23C=CC=CC2(C=C1)C=CC=C3. The first kappa shape index (κ1) is 8.72. The van der Waals surface area contributed by atoms with E-state index in [1.54, 1.807) is 0 Å². The number of hydrogen-bond donors (Lipinski definition) is 0. The van der Waals surface area contributed by atoms with Crippen LogP contribution in [0.2, 0.25) is 0 Å². The fraction of sp³-hybridized carbons (Fsp3) is 0.200. The molecule has 15 heavy (non-hydrogen) atoms. The Morgan fingerprint density at radius 3 is 1.80 bits per heavy atom. The Morgan fingerprint density at radius 1 is 0.600 bits per heavy atom. The topological polar surface area (TPSA) is 0 Å². The van der Waals surface area contributed by atoms with Gasteiger partial charge in [0.15, 0.2) is 0 Å². The number of allylic oxidation sites excluding steroid dienone is 12. The van der Waals surface area contributed by atoms with E-state index in [4.69, 9.17) is 0 Å². The smallest absolute Gasteiger partial charge is 0.0380 e. The molecule has 0 bridgehead atoms. The van der Waals surface area contributed by atoms with Gasteiger partial charge >= 0.3 is 0 Å². The Morgan fingerprint density at radius 2 is 1.13 bits per heavy atom. The lowest BCUT2D eigenvalue weighted by molar-refractivity contribution is 0.322. The molecule has 0 atom stereocenters. The van der Waals surface area contributed by atoms with Gasteiger partial charge in [0.05, 0.1) is 0 Å². The Bertz CT molecular complexity index is 415. The third-order valence-electron chi connectivity index (χ3n) is 3.63. The van der Waals surface area contributed by atoms with Crippen LogP contribution in [0.1, 0.15) is 6.42 Å². The second-order valence-electron chi connectivity index (χ2n) is 4.40. The normalized spacial score (nSPS) is 40.0. The summed E-state index contributed by atoms with van der Waals surface area (Å²) in [6.45, 7) is 0. The third kappa shape index (κ3) is 1.08. The highest BCUT2D eigenvalue weighted by atomic mass is 14.5. The molecular formula is C15H14. The lowest BCUT2D eigenvalue weighted by Gasteiger charge is -2.44. The minimum Gasteiger partial charge on any atom is -0.0833 e. The van der Waals surface area contributed by atoms with E-state index in [9.17, 15) is 0 Å². The number of hydrogen-bond acceptors (Lipinski definition) is 0. The molecule has 0 aliphatic heterocycles. The van der Waals surface area contributed by atoms with Crippen molar-refractivity contribution >= 4 is 0 Å². The van der Waals surface area contributed by atoms with Gasteiger partial charge in [0.1, 0.15) is 0 Å². The second kappa shape index (κ2) is 2.96. The van der Waals surface area contributed by atoms with Gasteiger partial charge < -0.3 is 0 Å². The molecule has 3 rings (SSSR count). The van der Waals surface area contributed by atoms with Gasteiger partial charge in [0.25, 0.3) is 0 Å². The van der Waals surface area contributed by atoms with Gasteiger partial charge in [-0.15, -0.1) is 0 Å². The van der Waals surface area contributed by atoms with Gasteiger partial charge in [-0.3, -0.25) is 0 Å². The zero-order valence-electron chi connectivity index (χ0n) is 8.64. The Kier molecular flexibility index (Phi) is 1.72. The average Bonchev–Trinajstić information content (AvgIpc) is 2.48. The molecule has 74 valence electrons. The minimum absolute atomic E-state index is 0.0556. The van der Waals surface area contributed by atoms with E-state index >= 15 is 0 Å². The van der Waals surface area contributed by atoms with Crippen LogP contribution in [0, 0.1) is 10.8 Å². The zero-order valence-corrected chi connectivity index (χ0v) is 8.64. The van der Waals surface area contributed by atoms with Gasteiger partial charge in [-0.2, -0.15) is 0 Å². The molecule has 0 saturated carbocycles. The minimum atomic E-state index is 0.0556. The second-order valence-corrected chi connectivity index (χ2v) is 4.40. The van der Waals surface area contributed by atoms with E-state index in [0.29, 0.717) is 0 Å². The van der Waals surface area contributed by atoms with Gasteiger partial charge in [0.2, 0.25) is 0 Å². The van der Waals surface area contributed by atoms with Crippen LogP contribution in [0.15, 0.2) is 72.9 Å². The average molecular weight is 194 g/mol. The van der Waals surface area contributed by atoms with Crippen molar-refractivity contribution in [1.29, 1.82) is 0 Å². The lowest BCUT2D eigenvalue weighted by Crippen LogP contribution is -2.36. The molecule has 0 nitrogen and oxygen atoms in total. The summed E-state index contributed by atoms with van der Waals surface area (Å²) in [5.74, 6) is 0. The number of rotatable bonds is 0. The van der Waals surface area contributed by atoms with Gasteiger partial charge in [0, 0.05) is 10.8 Å². The first-order valence-electron chi connectivity index (χ1n) is 5.46. The zero-order chi connectivity index (χ0) is 10.2. The molecule has 0 fully saturated rings. The predicted octanol–water partition coefficient (Wildman–Crippen LogP) is 3.73. The highest BCUT2D eigenvalue weighted by Crippen LogP contribution is 2.53. The molecule has 0 N–H and O–H groups in total. The standard InChI is InChI=1S/C15H14/c1-2-8-14-10-4-6-12-15(14,9-3-1)13-7-5-11-14/h1-8,10-13H,9H2. The maximum atomic E-state index is 2.33. The third-order valence-corrected chi connectivity index (χ3v) is 3.63. The Labute approximate surface area is 90.7 Å². The van der Waals surface area contributed by atoms with Crippen molar-refractivity contribution in [2.24, 2.45) is 10.8 Å². The molecule has 0 spiro atoms. The monoisotopic (exact) mass is 194 g/mol. The van der Waals surface area contributed by atoms with Gasteiger partial charge in [-0.05, 0) is 6.42 Å². The molecule has 0 amide bonds. The van der Waals surface area contributed by atoms with Crippen LogP contribution in [0.3, 0.4) is 0 Å². The molecule has 3 aliphatic carbocycles. The largest absolute Gasteiger partial charge is 0.0833 e. The van der Waals surface area contributed by atoms with Gasteiger partial charge in [-0.25, -0.2) is 0 Å². The fourth-order valence-corrected chi connectivity index (χ4v) is 2.73. The van der Waals surface area contributed by atoms with E-state index < -0.39 is 0 Å². The van der Waals surface area contributed by atoms with Crippen LogP contribution < -0.4 is 0 Å². The maximum Gasteiger partial charge on any atom is 0.0380 e. The highest BCUT2D eigenvalue weighted by molar-refractivity contribution is 5.45. The molecule has 0 unspecified atom stereocenters. The molecule has 3 aliphatic rings. The summed E-state index contributed by atoms with van der Waals surface area (Å²) in [6, 6.07) is 0. The summed E-state index contributed by atoms with van der Waals surface area (Å²) >= 11 is 0. The summed E-state index contributed by atoms with van der Waals surface area (Å²) in [7, 11) is 0. The van der Waals surface area contributed by atoms with E-state index in [0.717, 1.165) is 6.42 Å². The van der Waals surface area contributed by atoms with E-state index in [2.05, 4.69) is 72.9 Å². The van der Waals surface area contributed by atoms with Crippen molar-refractivity contribution in [1.82, 2.24) is 0 Å². The molecular weight excluding hydrogens is 180 g/mol. The van der Waals surface area contributed by atoms with Crippen molar-refractivity contribution in [3.63, 3.8) is 0 Å². The van der Waals surface area contributed by atoms with E-state index in [-0.39, 0.29) is 10.8 Å². The molecule has 0 heterocycles. The summed E-state index contributed by atoms with van der Waals surface area (Å²) < 4.78 is 0. The lowest BCUT2D eigenvalue weighted by atomic mass is 9.58. The molecule has 0 aromatic carbocycles. The Hall–Kier alpha value is -1.56. The van der Waals surface area contributed by atoms with Crippen molar-refractivity contribution < 1.29 is 0 Å². The van der Waals surface area contributed by atoms with Crippen molar-refractivity contribution in [3.05, 3.63) is 72.9 Å². The van der Waals surface area contributed by atoms with Crippen molar-refractivity contribution in [3.8, 4) is 0 Å². The van der Waals surface area contributed by atoms with Gasteiger partial charge in [-0.1, -0.05) is 72.9 Å².